The van der Waals surface area contributed by atoms with Crippen LogP contribution in [0.2, 0.25) is 10.0 Å². The minimum Gasteiger partial charge on any atom is -0.455 e. The van der Waals surface area contributed by atoms with E-state index in [1.165, 1.54) is 0 Å². The third-order valence-electron chi connectivity index (χ3n) is 2.34. The number of ether oxygens (including phenoxy) is 1. The van der Waals surface area contributed by atoms with Crippen molar-refractivity contribution in [3.8, 4) is 0 Å². The lowest BCUT2D eigenvalue weighted by Crippen LogP contribution is -2.49. The second-order valence-electron chi connectivity index (χ2n) is 5.78. The lowest BCUT2D eigenvalue weighted by molar-refractivity contribution is -0.145. The van der Waals surface area contributed by atoms with Crippen LogP contribution in [-0.2, 0) is 14.3 Å². The molecule has 1 rings (SSSR count). The zero-order valence-electron chi connectivity index (χ0n) is 13.4. The maximum Gasteiger partial charge on any atom is 0.321 e. The summed E-state index contributed by atoms with van der Waals surface area (Å²) in [6.07, 6.45) is 0. The first-order chi connectivity index (χ1) is 11.1. The highest BCUT2D eigenvalue weighted by Crippen LogP contribution is 2.29. The Morgan fingerprint density at radius 3 is 2.50 bits per heavy atom. The van der Waals surface area contributed by atoms with Gasteiger partial charge in [-0.15, -0.1) is 11.8 Å². The van der Waals surface area contributed by atoms with E-state index in [1.54, 1.807) is 39.0 Å². The molecule has 9 heteroatoms. The predicted octanol–water partition coefficient (Wildman–Crippen LogP) is 3.25. The number of hydrogen-bond acceptors (Lipinski definition) is 5. The summed E-state index contributed by atoms with van der Waals surface area (Å²) >= 11 is 13.0. The number of carbonyl (C=O) groups is 3. The van der Waals surface area contributed by atoms with Crippen molar-refractivity contribution >= 4 is 52.9 Å². The Morgan fingerprint density at radius 2 is 1.88 bits per heavy atom. The molecule has 1 aromatic rings. The molecule has 0 heterocycles. The van der Waals surface area contributed by atoms with Crippen LogP contribution in [-0.4, -0.2) is 35.8 Å². The van der Waals surface area contributed by atoms with E-state index in [4.69, 9.17) is 27.9 Å². The minimum absolute atomic E-state index is 0.0401. The van der Waals surface area contributed by atoms with Crippen LogP contribution >= 0.6 is 35.0 Å². The van der Waals surface area contributed by atoms with E-state index in [0.29, 0.717) is 14.9 Å². The van der Waals surface area contributed by atoms with E-state index in [-0.39, 0.29) is 5.75 Å². The van der Waals surface area contributed by atoms with Gasteiger partial charge in [0, 0.05) is 15.5 Å². The summed E-state index contributed by atoms with van der Waals surface area (Å²) in [4.78, 5) is 35.3. The van der Waals surface area contributed by atoms with E-state index in [0.717, 1.165) is 11.8 Å². The number of imide groups is 1. The smallest absolute Gasteiger partial charge is 0.321 e. The molecule has 0 aliphatic carbocycles. The Kier molecular flexibility index (Phi) is 7.86. The summed E-state index contributed by atoms with van der Waals surface area (Å²) < 4.78 is 4.80. The number of urea groups is 1. The van der Waals surface area contributed by atoms with Crippen molar-refractivity contribution in [2.75, 3.05) is 12.4 Å². The largest absolute Gasteiger partial charge is 0.455 e. The summed E-state index contributed by atoms with van der Waals surface area (Å²) in [5, 5.41) is 5.59. The SMILES string of the molecule is CC(C)(C)NC(=O)NC(=O)COC(=O)CSc1cc(Cl)ccc1Cl. The van der Waals surface area contributed by atoms with Gasteiger partial charge in [0.15, 0.2) is 6.61 Å². The number of amides is 3. The molecule has 0 atom stereocenters. The van der Waals surface area contributed by atoms with Crippen LogP contribution in [0.25, 0.3) is 0 Å². The van der Waals surface area contributed by atoms with Crippen molar-refractivity contribution in [1.82, 2.24) is 10.6 Å². The molecule has 3 amide bonds. The van der Waals surface area contributed by atoms with Crippen molar-refractivity contribution in [2.45, 2.75) is 31.2 Å². The molecule has 0 saturated carbocycles. The number of carbonyl (C=O) groups excluding carboxylic acids is 3. The standard InChI is InChI=1S/C15H18Cl2N2O4S/c1-15(2,3)19-14(22)18-12(20)7-23-13(21)8-24-11-6-9(16)4-5-10(11)17/h4-6H,7-8H2,1-3H3,(H2,18,19,20,22). The Labute approximate surface area is 154 Å². The van der Waals surface area contributed by atoms with Crippen molar-refractivity contribution < 1.29 is 19.1 Å². The predicted molar refractivity (Wildman–Crippen MR) is 94.6 cm³/mol. The number of thioether (sulfide) groups is 1. The Morgan fingerprint density at radius 1 is 1.21 bits per heavy atom. The maximum absolute atomic E-state index is 11.6. The summed E-state index contributed by atoms with van der Waals surface area (Å²) in [6, 6.07) is 4.24. The van der Waals surface area contributed by atoms with Crippen molar-refractivity contribution in [1.29, 1.82) is 0 Å². The van der Waals surface area contributed by atoms with Crippen LogP contribution in [0, 0.1) is 0 Å². The highest BCUT2D eigenvalue weighted by Gasteiger charge is 2.16. The van der Waals surface area contributed by atoms with Gasteiger partial charge >= 0.3 is 12.0 Å². The van der Waals surface area contributed by atoms with Crippen molar-refractivity contribution in [2.24, 2.45) is 0 Å². The van der Waals surface area contributed by atoms with Gasteiger partial charge in [-0.25, -0.2) is 4.79 Å². The van der Waals surface area contributed by atoms with E-state index in [2.05, 4.69) is 10.6 Å². The van der Waals surface area contributed by atoms with Gasteiger partial charge in [0.05, 0.1) is 10.8 Å². The molecule has 0 aliphatic heterocycles. The first-order valence-electron chi connectivity index (χ1n) is 6.92. The Balaban J connectivity index is 2.34. The molecule has 1 aromatic carbocycles. The molecule has 0 spiro atoms. The van der Waals surface area contributed by atoms with Crippen LogP contribution in [0.3, 0.4) is 0 Å². The van der Waals surface area contributed by atoms with Crippen molar-refractivity contribution in [3.63, 3.8) is 0 Å². The molecule has 24 heavy (non-hydrogen) atoms. The number of rotatable bonds is 5. The molecule has 0 aromatic heterocycles. The lowest BCUT2D eigenvalue weighted by Gasteiger charge is -2.20. The average molecular weight is 393 g/mol. The Hall–Kier alpha value is -1.44. The number of hydrogen-bond donors (Lipinski definition) is 2. The molecule has 0 bridgehead atoms. The van der Waals surface area contributed by atoms with Gasteiger partial charge in [0.25, 0.3) is 5.91 Å². The fourth-order valence-electron chi connectivity index (χ4n) is 1.45. The first-order valence-corrected chi connectivity index (χ1v) is 8.66. The summed E-state index contributed by atoms with van der Waals surface area (Å²) in [5.41, 5.74) is -0.478. The minimum atomic E-state index is -0.712. The van der Waals surface area contributed by atoms with Gasteiger partial charge in [-0.05, 0) is 39.0 Å². The average Bonchev–Trinajstić information content (AvgIpc) is 2.44. The molecule has 0 unspecified atom stereocenters. The summed E-state index contributed by atoms with van der Waals surface area (Å²) in [5.74, 6) is -1.36. The van der Waals surface area contributed by atoms with Crippen LogP contribution in [0.5, 0.6) is 0 Å². The van der Waals surface area contributed by atoms with E-state index in [9.17, 15) is 14.4 Å². The normalized spacial score (nSPS) is 10.9. The van der Waals surface area contributed by atoms with E-state index >= 15 is 0 Å². The third kappa shape index (κ3) is 8.42. The summed E-state index contributed by atoms with van der Waals surface area (Å²) in [7, 11) is 0. The number of nitrogens with one attached hydrogen (secondary N) is 2. The zero-order valence-corrected chi connectivity index (χ0v) is 15.8. The first kappa shape index (κ1) is 20.6. The monoisotopic (exact) mass is 392 g/mol. The highest BCUT2D eigenvalue weighted by molar-refractivity contribution is 8.00. The molecule has 132 valence electrons. The van der Waals surface area contributed by atoms with Crippen LogP contribution in [0.1, 0.15) is 20.8 Å². The quantitative estimate of drug-likeness (QED) is 0.593. The van der Waals surface area contributed by atoms with Crippen molar-refractivity contribution in [3.05, 3.63) is 28.2 Å². The fourth-order valence-corrected chi connectivity index (χ4v) is 2.74. The fraction of sp³-hybridized carbons (Fsp3) is 0.400. The third-order valence-corrected chi connectivity index (χ3v) is 4.05. The van der Waals surface area contributed by atoms with Gasteiger partial charge in [-0.3, -0.25) is 14.9 Å². The zero-order chi connectivity index (χ0) is 18.3. The van der Waals surface area contributed by atoms with Gasteiger partial charge in [0.2, 0.25) is 0 Å². The van der Waals surface area contributed by atoms with Crippen LogP contribution < -0.4 is 10.6 Å². The van der Waals surface area contributed by atoms with Gasteiger partial charge in [-0.1, -0.05) is 23.2 Å². The number of halogens is 2. The van der Waals surface area contributed by atoms with Crippen LogP contribution in [0.4, 0.5) is 4.79 Å². The van der Waals surface area contributed by atoms with Gasteiger partial charge in [-0.2, -0.15) is 0 Å². The van der Waals surface area contributed by atoms with Gasteiger partial charge in [0.1, 0.15) is 0 Å². The van der Waals surface area contributed by atoms with Gasteiger partial charge < -0.3 is 10.1 Å². The molecule has 0 saturated heterocycles. The molecular weight excluding hydrogens is 375 g/mol. The molecular formula is C15H18Cl2N2O4S. The molecule has 0 radical (unpaired) electrons. The molecule has 0 aliphatic rings. The summed E-state index contributed by atoms with van der Waals surface area (Å²) in [6.45, 7) is 4.78. The lowest BCUT2D eigenvalue weighted by atomic mass is 10.1. The topological polar surface area (TPSA) is 84.5 Å². The van der Waals surface area contributed by atoms with E-state index in [1.807, 2.05) is 0 Å². The van der Waals surface area contributed by atoms with E-state index < -0.39 is 30.1 Å². The second-order valence-corrected chi connectivity index (χ2v) is 7.64. The highest BCUT2D eigenvalue weighted by atomic mass is 35.5. The number of esters is 1. The molecule has 6 nitrogen and oxygen atoms in total. The molecule has 0 fully saturated rings. The number of benzene rings is 1. The van der Waals surface area contributed by atoms with Crippen LogP contribution in [0.15, 0.2) is 23.1 Å². The molecule has 2 N–H and O–H groups in total. The maximum atomic E-state index is 11.6. The second kappa shape index (κ2) is 9.15. The Bertz CT molecular complexity index is 632.